The Morgan fingerprint density at radius 2 is 2.27 bits per heavy atom. The summed E-state index contributed by atoms with van der Waals surface area (Å²) in [7, 11) is 1.79. The van der Waals surface area contributed by atoms with Crippen LogP contribution in [0.5, 0.6) is 0 Å². The third-order valence-electron chi connectivity index (χ3n) is 2.04. The molecular formula is C10H17N3O2. The Morgan fingerprint density at radius 3 is 2.73 bits per heavy atom. The summed E-state index contributed by atoms with van der Waals surface area (Å²) in [5.41, 5.74) is 0.100. The van der Waals surface area contributed by atoms with E-state index in [1.165, 1.54) is 13.8 Å². The number of carbonyl (C=O) groups is 1. The Bertz CT molecular complexity index is 363. The highest BCUT2D eigenvalue weighted by Crippen LogP contribution is 2.15. The first kappa shape index (κ1) is 11.7. The van der Waals surface area contributed by atoms with Gasteiger partial charge in [-0.25, -0.2) is 0 Å². The van der Waals surface area contributed by atoms with Crippen LogP contribution in [-0.4, -0.2) is 26.4 Å². The lowest BCUT2D eigenvalue weighted by Gasteiger charge is -2.16. The van der Waals surface area contributed by atoms with Crippen molar-refractivity contribution in [2.45, 2.75) is 32.8 Å². The highest BCUT2D eigenvalue weighted by molar-refractivity contribution is 5.96. The quantitative estimate of drug-likeness (QED) is 0.773. The minimum absolute atomic E-state index is 0.426. The number of anilines is 1. The molecule has 0 atom stereocenters. The number of hydrogen-bond donors (Lipinski definition) is 2. The summed E-state index contributed by atoms with van der Waals surface area (Å²) in [5, 5.41) is 16.3. The second-order valence-corrected chi connectivity index (χ2v) is 4.03. The number of amides is 1. The van der Waals surface area contributed by atoms with Crippen molar-refractivity contribution in [3.05, 3.63) is 11.9 Å². The lowest BCUT2D eigenvalue weighted by Crippen LogP contribution is -2.36. The van der Waals surface area contributed by atoms with Gasteiger partial charge in [-0.3, -0.25) is 9.48 Å². The van der Waals surface area contributed by atoms with Crippen LogP contribution >= 0.6 is 0 Å². The van der Waals surface area contributed by atoms with Gasteiger partial charge in [0.05, 0.1) is 11.4 Å². The number of aryl methyl sites for hydroxylation is 2. The molecule has 5 nitrogen and oxygen atoms in total. The molecule has 0 aliphatic carbocycles. The maximum atomic E-state index is 11.5. The third kappa shape index (κ3) is 2.79. The zero-order valence-electron chi connectivity index (χ0n) is 9.53. The van der Waals surface area contributed by atoms with E-state index in [-0.39, 0.29) is 0 Å². The molecule has 5 heteroatoms. The largest absolute Gasteiger partial charge is 0.381 e. The van der Waals surface area contributed by atoms with Crippen molar-refractivity contribution in [3.63, 3.8) is 0 Å². The van der Waals surface area contributed by atoms with Gasteiger partial charge in [-0.1, -0.05) is 6.92 Å². The minimum Gasteiger partial charge on any atom is -0.381 e. The van der Waals surface area contributed by atoms with E-state index in [4.69, 9.17) is 0 Å². The van der Waals surface area contributed by atoms with Crippen molar-refractivity contribution in [1.82, 2.24) is 9.78 Å². The predicted octanol–water partition coefficient (Wildman–Crippen LogP) is 0.692. The Kier molecular flexibility index (Phi) is 3.14. The molecule has 0 saturated heterocycles. The summed E-state index contributed by atoms with van der Waals surface area (Å²) in [6.45, 7) is 4.86. The summed E-state index contributed by atoms with van der Waals surface area (Å²) >= 11 is 0. The predicted molar refractivity (Wildman–Crippen MR) is 57.5 cm³/mol. The highest BCUT2D eigenvalue weighted by Gasteiger charge is 2.24. The van der Waals surface area contributed by atoms with Crippen LogP contribution in [0.25, 0.3) is 0 Å². The standard InChI is InChI=1S/C10H17N3O2/c1-5-7-8(6-13(4)12-7)11-9(14)10(2,3)15/h6,15H,5H2,1-4H3,(H,11,14). The van der Waals surface area contributed by atoms with Gasteiger partial charge in [0.15, 0.2) is 0 Å². The Morgan fingerprint density at radius 1 is 1.67 bits per heavy atom. The molecule has 1 aromatic rings. The zero-order chi connectivity index (χ0) is 11.6. The normalized spacial score (nSPS) is 11.5. The van der Waals surface area contributed by atoms with Crippen LogP contribution in [0, 0.1) is 0 Å². The van der Waals surface area contributed by atoms with Crippen molar-refractivity contribution in [1.29, 1.82) is 0 Å². The second kappa shape index (κ2) is 4.02. The van der Waals surface area contributed by atoms with E-state index in [1.807, 2.05) is 6.92 Å². The first-order valence-electron chi connectivity index (χ1n) is 4.91. The van der Waals surface area contributed by atoms with Crippen molar-refractivity contribution in [2.24, 2.45) is 7.05 Å². The molecule has 2 N–H and O–H groups in total. The fourth-order valence-corrected chi connectivity index (χ4v) is 1.18. The van der Waals surface area contributed by atoms with Crippen molar-refractivity contribution in [3.8, 4) is 0 Å². The zero-order valence-corrected chi connectivity index (χ0v) is 9.53. The molecule has 0 aromatic carbocycles. The molecule has 0 bridgehead atoms. The third-order valence-corrected chi connectivity index (χ3v) is 2.04. The van der Waals surface area contributed by atoms with Gasteiger partial charge in [-0.05, 0) is 20.3 Å². The molecule has 1 heterocycles. The van der Waals surface area contributed by atoms with Crippen LogP contribution in [0.3, 0.4) is 0 Å². The van der Waals surface area contributed by atoms with Crippen LogP contribution in [0.2, 0.25) is 0 Å². The van der Waals surface area contributed by atoms with E-state index in [2.05, 4.69) is 10.4 Å². The average molecular weight is 211 g/mol. The van der Waals surface area contributed by atoms with E-state index >= 15 is 0 Å². The molecule has 84 valence electrons. The van der Waals surface area contributed by atoms with Crippen LogP contribution in [0.4, 0.5) is 5.69 Å². The molecule has 0 spiro atoms. The molecule has 1 rings (SSSR count). The highest BCUT2D eigenvalue weighted by atomic mass is 16.3. The number of rotatable bonds is 3. The first-order chi connectivity index (χ1) is 6.84. The van der Waals surface area contributed by atoms with Crippen LogP contribution < -0.4 is 5.32 Å². The molecule has 0 fully saturated rings. The molecule has 1 amide bonds. The molecule has 1 aromatic heterocycles. The van der Waals surface area contributed by atoms with Gasteiger partial charge in [-0.2, -0.15) is 5.10 Å². The van der Waals surface area contributed by atoms with Crippen molar-refractivity contribution < 1.29 is 9.90 Å². The van der Waals surface area contributed by atoms with Crippen LogP contribution in [0.1, 0.15) is 26.5 Å². The van der Waals surface area contributed by atoms with Gasteiger partial charge in [0.2, 0.25) is 0 Å². The summed E-state index contributed by atoms with van der Waals surface area (Å²) in [6.07, 6.45) is 2.46. The molecule has 0 aliphatic heterocycles. The maximum Gasteiger partial charge on any atom is 0.255 e. The minimum atomic E-state index is -1.37. The summed E-state index contributed by atoms with van der Waals surface area (Å²) in [5.74, 6) is -0.426. The van der Waals surface area contributed by atoms with Gasteiger partial charge < -0.3 is 10.4 Å². The molecule has 0 aliphatic rings. The maximum absolute atomic E-state index is 11.5. The SMILES string of the molecule is CCc1nn(C)cc1NC(=O)C(C)(C)O. The summed E-state index contributed by atoms with van der Waals surface area (Å²) in [6, 6.07) is 0. The molecular weight excluding hydrogens is 194 g/mol. The summed E-state index contributed by atoms with van der Waals surface area (Å²) in [4.78, 5) is 11.5. The monoisotopic (exact) mass is 211 g/mol. The Hall–Kier alpha value is -1.36. The van der Waals surface area contributed by atoms with Gasteiger partial charge in [-0.15, -0.1) is 0 Å². The lowest BCUT2D eigenvalue weighted by molar-refractivity contribution is -0.130. The number of aliphatic hydroxyl groups is 1. The van der Waals surface area contributed by atoms with E-state index in [1.54, 1.807) is 17.9 Å². The van der Waals surface area contributed by atoms with E-state index in [9.17, 15) is 9.90 Å². The van der Waals surface area contributed by atoms with Crippen LogP contribution in [-0.2, 0) is 18.3 Å². The fraction of sp³-hybridized carbons (Fsp3) is 0.600. The van der Waals surface area contributed by atoms with Crippen molar-refractivity contribution >= 4 is 11.6 Å². The average Bonchev–Trinajstić information content (AvgIpc) is 2.44. The van der Waals surface area contributed by atoms with Crippen molar-refractivity contribution in [2.75, 3.05) is 5.32 Å². The lowest BCUT2D eigenvalue weighted by atomic mass is 10.1. The second-order valence-electron chi connectivity index (χ2n) is 4.03. The Labute approximate surface area is 89.1 Å². The van der Waals surface area contributed by atoms with E-state index in [0.29, 0.717) is 5.69 Å². The molecule has 0 unspecified atom stereocenters. The first-order valence-corrected chi connectivity index (χ1v) is 4.91. The molecule has 0 radical (unpaired) electrons. The smallest absolute Gasteiger partial charge is 0.255 e. The van der Waals surface area contributed by atoms with Gasteiger partial charge in [0.25, 0.3) is 5.91 Å². The number of aromatic nitrogens is 2. The van der Waals surface area contributed by atoms with Crippen LogP contribution in [0.15, 0.2) is 6.20 Å². The number of hydrogen-bond acceptors (Lipinski definition) is 3. The summed E-state index contributed by atoms with van der Waals surface area (Å²) < 4.78 is 1.64. The van der Waals surface area contributed by atoms with E-state index in [0.717, 1.165) is 12.1 Å². The van der Waals surface area contributed by atoms with Gasteiger partial charge in [0.1, 0.15) is 5.60 Å². The number of nitrogens with zero attached hydrogens (tertiary/aromatic N) is 2. The molecule has 0 saturated carbocycles. The van der Waals surface area contributed by atoms with Gasteiger partial charge in [0, 0.05) is 13.2 Å². The fourth-order valence-electron chi connectivity index (χ4n) is 1.18. The Balaban J connectivity index is 2.85. The molecule has 15 heavy (non-hydrogen) atoms. The van der Waals surface area contributed by atoms with E-state index < -0.39 is 11.5 Å². The van der Waals surface area contributed by atoms with Gasteiger partial charge >= 0.3 is 0 Å². The number of nitrogens with one attached hydrogen (secondary N) is 1. The topological polar surface area (TPSA) is 67.2 Å². The number of carbonyl (C=O) groups excluding carboxylic acids is 1.